The maximum absolute atomic E-state index is 4.78. The van der Waals surface area contributed by atoms with Crippen molar-refractivity contribution in [2.75, 3.05) is 31.6 Å². The van der Waals surface area contributed by atoms with Gasteiger partial charge >= 0.3 is 0 Å². The largest absolute Gasteiger partial charge is 0.351 e. The Hall–Kier alpha value is -1.09. The summed E-state index contributed by atoms with van der Waals surface area (Å²) in [6.07, 6.45) is 10.4. The summed E-state index contributed by atoms with van der Waals surface area (Å²) in [7, 11) is 2.28. The van der Waals surface area contributed by atoms with Crippen LogP contribution in [0.2, 0.25) is 0 Å². The molecule has 1 saturated carbocycles. The van der Waals surface area contributed by atoms with Crippen molar-refractivity contribution in [3.05, 3.63) is 23.9 Å². The minimum Gasteiger partial charge on any atom is -0.351 e. The first-order valence-corrected chi connectivity index (χ1v) is 8.72. The third-order valence-corrected chi connectivity index (χ3v) is 5.96. The third-order valence-electron chi connectivity index (χ3n) is 5.96. The van der Waals surface area contributed by atoms with Crippen LogP contribution >= 0.6 is 0 Å². The molecule has 0 bridgehead atoms. The first-order valence-electron chi connectivity index (χ1n) is 8.72. The quantitative estimate of drug-likeness (QED) is 0.730. The molecular formula is C18H27N3. The lowest BCUT2D eigenvalue weighted by molar-refractivity contribution is 0.180. The molecule has 1 saturated heterocycles. The minimum absolute atomic E-state index is 0.683. The van der Waals surface area contributed by atoms with E-state index in [0.717, 1.165) is 18.4 Å². The Labute approximate surface area is 128 Å². The summed E-state index contributed by atoms with van der Waals surface area (Å²) in [5, 5.41) is 0. The lowest BCUT2D eigenvalue weighted by Crippen LogP contribution is -2.55. The molecule has 3 heterocycles. The van der Waals surface area contributed by atoms with E-state index in [4.69, 9.17) is 4.98 Å². The molecule has 114 valence electrons. The van der Waals surface area contributed by atoms with Gasteiger partial charge in [0.15, 0.2) is 0 Å². The van der Waals surface area contributed by atoms with E-state index in [1.807, 2.05) is 6.20 Å². The number of rotatable bonds is 0. The van der Waals surface area contributed by atoms with E-state index < -0.39 is 0 Å². The number of hydrogen-bond donors (Lipinski definition) is 0. The number of aromatic nitrogens is 1. The number of piperazine rings is 1. The van der Waals surface area contributed by atoms with Gasteiger partial charge in [-0.2, -0.15) is 0 Å². The number of likely N-dealkylation sites (N-methyl/N-ethyl adjacent to an activating group) is 1. The molecule has 3 atom stereocenters. The van der Waals surface area contributed by atoms with Crippen molar-refractivity contribution in [1.82, 2.24) is 9.88 Å². The minimum atomic E-state index is 0.683. The van der Waals surface area contributed by atoms with Gasteiger partial charge in [-0.3, -0.25) is 0 Å². The maximum atomic E-state index is 4.78. The van der Waals surface area contributed by atoms with E-state index >= 15 is 0 Å². The second-order valence-electron chi connectivity index (χ2n) is 7.28. The van der Waals surface area contributed by atoms with Crippen LogP contribution in [0.15, 0.2) is 18.3 Å². The number of hydrogen-bond acceptors (Lipinski definition) is 3. The molecule has 0 amide bonds. The number of pyridine rings is 1. The highest BCUT2D eigenvalue weighted by atomic mass is 15.3. The lowest BCUT2D eigenvalue weighted by atomic mass is 9.79. The predicted octanol–water partition coefficient (Wildman–Crippen LogP) is 2.95. The van der Waals surface area contributed by atoms with Crippen molar-refractivity contribution in [3.8, 4) is 0 Å². The fourth-order valence-electron chi connectivity index (χ4n) is 4.89. The fourth-order valence-corrected chi connectivity index (χ4v) is 4.89. The van der Waals surface area contributed by atoms with Crippen LogP contribution in [-0.2, 0) is 6.42 Å². The van der Waals surface area contributed by atoms with E-state index in [1.54, 1.807) is 0 Å². The van der Waals surface area contributed by atoms with Crippen LogP contribution in [0.5, 0.6) is 0 Å². The zero-order valence-electron chi connectivity index (χ0n) is 13.2. The highest BCUT2D eigenvalue weighted by Crippen LogP contribution is 2.41. The molecule has 2 aliphatic heterocycles. The molecule has 21 heavy (non-hydrogen) atoms. The summed E-state index contributed by atoms with van der Waals surface area (Å²) in [4.78, 5) is 9.96. The summed E-state index contributed by atoms with van der Waals surface area (Å²) in [6, 6.07) is 5.13. The highest BCUT2D eigenvalue weighted by molar-refractivity contribution is 5.50. The van der Waals surface area contributed by atoms with Crippen molar-refractivity contribution < 1.29 is 0 Å². The molecule has 0 radical (unpaired) electrons. The first kappa shape index (κ1) is 13.6. The third kappa shape index (κ3) is 2.46. The van der Waals surface area contributed by atoms with Crippen LogP contribution < -0.4 is 4.90 Å². The van der Waals surface area contributed by atoms with Gasteiger partial charge in [0.2, 0.25) is 0 Å². The molecule has 2 unspecified atom stereocenters. The number of fused-ring (bicyclic) bond motifs is 5. The van der Waals surface area contributed by atoms with Gasteiger partial charge < -0.3 is 9.80 Å². The molecule has 3 nitrogen and oxygen atoms in total. The number of anilines is 1. The summed E-state index contributed by atoms with van der Waals surface area (Å²) >= 11 is 0. The van der Waals surface area contributed by atoms with Crippen molar-refractivity contribution >= 4 is 5.82 Å². The van der Waals surface area contributed by atoms with Gasteiger partial charge in [-0.1, -0.05) is 25.3 Å². The molecule has 3 heteroatoms. The van der Waals surface area contributed by atoms with Crippen LogP contribution in [0.3, 0.4) is 0 Å². The monoisotopic (exact) mass is 285 g/mol. The smallest absolute Gasteiger partial charge is 0.132 e. The Kier molecular flexibility index (Phi) is 3.62. The van der Waals surface area contributed by atoms with E-state index in [1.165, 1.54) is 63.0 Å². The number of nitrogens with zero attached hydrogens (tertiary/aromatic N) is 3. The molecule has 3 aliphatic rings. The molecule has 1 aliphatic carbocycles. The van der Waals surface area contributed by atoms with Gasteiger partial charge in [0.1, 0.15) is 5.82 Å². The van der Waals surface area contributed by atoms with Crippen LogP contribution in [0, 0.1) is 11.8 Å². The zero-order valence-corrected chi connectivity index (χ0v) is 13.2. The second kappa shape index (κ2) is 5.60. The van der Waals surface area contributed by atoms with E-state index in [9.17, 15) is 0 Å². The lowest BCUT2D eigenvalue weighted by Gasteiger charge is -2.44. The fraction of sp³-hybridized carbons (Fsp3) is 0.722. The molecule has 1 aromatic heterocycles. The Morgan fingerprint density at radius 1 is 1.14 bits per heavy atom. The Morgan fingerprint density at radius 3 is 3.00 bits per heavy atom. The standard InChI is InChI=1S/C18H27N3/c1-20-10-11-21-17(13-20)16-8-4-2-3-6-14(16)12-15-7-5-9-19-18(15)21/h5,7,9,14,16-17H,2-4,6,8,10-13H2,1H3/t14?,16?,17-/m1/s1. The van der Waals surface area contributed by atoms with Crippen LogP contribution in [0.1, 0.15) is 37.7 Å². The van der Waals surface area contributed by atoms with Crippen molar-refractivity contribution in [3.63, 3.8) is 0 Å². The van der Waals surface area contributed by atoms with Gasteiger partial charge in [-0.15, -0.1) is 0 Å². The van der Waals surface area contributed by atoms with Crippen LogP contribution in [0.25, 0.3) is 0 Å². The average molecular weight is 285 g/mol. The molecule has 0 spiro atoms. The van der Waals surface area contributed by atoms with Gasteiger partial charge in [0.25, 0.3) is 0 Å². The summed E-state index contributed by atoms with van der Waals surface area (Å²) in [6.45, 7) is 3.54. The second-order valence-corrected chi connectivity index (χ2v) is 7.28. The molecule has 4 rings (SSSR count). The van der Waals surface area contributed by atoms with Crippen molar-refractivity contribution in [1.29, 1.82) is 0 Å². The van der Waals surface area contributed by atoms with E-state index in [0.29, 0.717) is 6.04 Å². The van der Waals surface area contributed by atoms with Gasteiger partial charge in [0, 0.05) is 31.9 Å². The van der Waals surface area contributed by atoms with Crippen LogP contribution in [-0.4, -0.2) is 42.6 Å². The van der Waals surface area contributed by atoms with E-state index in [-0.39, 0.29) is 0 Å². The zero-order chi connectivity index (χ0) is 14.2. The molecule has 0 aromatic carbocycles. The van der Waals surface area contributed by atoms with Gasteiger partial charge in [-0.05, 0) is 49.8 Å². The Bertz CT molecular complexity index is 501. The summed E-state index contributed by atoms with van der Waals surface area (Å²) in [5.74, 6) is 3.03. The van der Waals surface area contributed by atoms with Gasteiger partial charge in [-0.25, -0.2) is 4.98 Å². The Morgan fingerprint density at radius 2 is 2.05 bits per heavy atom. The SMILES string of the molecule is CN1CCN2c3ncccc3CC3CCCCCC3[C@H]2C1. The first-order chi connectivity index (χ1) is 10.3. The Balaban J connectivity index is 1.75. The topological polar surface area (TPSA) is 19.4 Å². The highest BCUT2D eigenvalue weighted by Gasteiger charge is 2.40. The molecular weight excluding hydrogens is 258 g/mol. The van der Waals surface area contributed by atoms with Crippen molar-refractivity contribution in [2.45, 2.75) is 44.6 Å². The van der Waals surface area contributed by atoms with Crippen molar-refractivity contribution in [2.24, 2.45) is 11.8 Å². The molecule has 2 fully saturated rings. The molecule has 0 N–H and O–H groups in total. The van der Waals surface area contributed by atoms with Gasteiger partial charge in [0.05, 0.1) is 0 Å². The van der Waals surface area contributed by atoms with Crippen LogP contribution in [0.4, 0.5) is 5.82 Å². The predicted molar refractivity (Wildman–Crippen MR) is 86.6 cm³/mol. The normalized spacial score (nSPS) is 33.4. The summed E-state index contributed by atoms with van der Waals surface area (Å²) in [5.41, 5.74) is 1.50. The summed E-state index contributed by atoms with van der Waals surface area (Å²) < 4.78 is 0. The maximum Gasteiger partial charge on any atom is 0.132 e. The molecule has 1 aromatic rings. The van der Waals surface area contributed by atoms with E-state index in [2.05, 4.69) is 29.0 Å². The average Bonchev–Trinajstić information content (AvgIpc) is 2.79.